The van der Waals surface area contributed by atoms with Gasteiger partial charge in [-0.15, -0.1) is 0 Å². The molecule has 0 radical (unpaired) electrons. The number of nitrogens with one attached hydrogen (secondary N) is 2. The lowest BCUT2D eigenvalue weighted by Gasteiger charge is -2.13. The van der Waals surface area contributed by atoms with Crippen LogP contribution in [-0.4, -0.2) is 18.6 Å². The summed E-state index contributed by atoms with van der Waals surface area (Å²) in [7, 11) is 0. The molecule has 1 atom stereocenters. The molecule has 2 N–H and O–H groups in total. The molecule has 0 aromatic heterocycles. The second-order valence-corrected chi connectivity index (χ2v) is 6.61. The van der Waals surface area contributed by atoms with Crippen LogP contribution < -0.4 is 20.1 Å². The quantitative estimate of drug-likeness (QED) is 0.797. The standard InChI is InChI=1S/C21H26N2O3/c1-4-25-20-10-17-9-14(2)26-21(17)11-18(20)13-22-12-16-5-7-19(8-6-16)23-15(3)24/h5-8,10-11,14,22H,4,9,12-13H2,1-3H3,(H,23,24). The van der Waals surface area contributed by atoms with E-state index in [1.807, 2.05) is 31.2 Å². The fourth-order valence-electron chi connectivity index (χ4n) is 3.16. The van der Waals surface area contributed by atoms with Crippen LogP contribution >= 0.6 is 0 Å². The van der Waals surface area contributed by atoms with Crippen molar-refractivity contribution >= 4 is 11.6 Å². The Morgan fingerprint density at radius 3 is 2.69 bits per heavy atom. The van der Waals surface area contributed by atoms with Gasteiger partial charge in [0, 0.05) is 43.2 Å². The molecule has 5 heteroatoms. The van der Waals surface area contributed by atoms with E-state index in [-0.39, 0.29) is 12.0 Å². The number of anilines is 1. The average molecular weight is 354 g/mol. The number of hydrogen-bond acceptors (Lipinski definition) is 4. The van der Waals surface area contributed by atoms with E-state index in [0.717, 1.165) is 41.3 Å². The minimum atomic E-state index is -0.0625. The van der Waals surface area contributed by atoms with Crippen LogP contribution in [0.15, 0.2) is 36.4 Å². The maximum Gasteiger partial charge on any atom is 0.221 e. The molecule has 3 rings (SSSR count). The summed E-state index contributed by atoms with van der Waals surface area (Å²) in [6.45, 7) is 7.68. The summed E-state index contributed by atoms with van der Waals surface area (Å²) in [5.74, 6) is 1.84. The van der Waals surface area contributed by atoms with Gasteiger partial charge >= 0.3 is 0 Å². The second-order valence-electron chi connectivity index (χ2n) is 6.61. The summed E-state index contributed by atoms with van der Waals surface area (Å²) in [6, 6.07) is 12.0. The molecule has 0 spiro atoms. The highest BCUT2D eigenvalue weighted by Gasteiger charge is 2.21. The SMILES string of the molecule is CCOc1cc2c(cc1CNCc1ccc(NC(C)=O)cc1)OC(C)C2. The van der Waals surface area contributed by atoms with Crippen molar-refractivity contribution in [2.24, 2.45) is 0 Å². The van der Waals surface area contributed by atoms with Gasteiger partial charge in [-0.2, -0.15) is 0 Å². The molecule has 2 aromatic carbocycles. The molecule has 0 saturated carbocycles. The van der Waals surface area contributed by atoms with Gasteiger partial charge in [0.25, 0.3) is 0 Å². The average Bonchev–Trinajstić information content (AvgIpc) is 2.95. The third-order valence-electron chi connectivity index (χ3n) is 4.30. The molecular weight excluding hydrogens is 328 g/mol. The number of carbonyl (C=O) groups excluding carboxylic acids is 1. The van der Waals surface area contributed by atoms with E-state index >= 15 is 0 Å². The topological polar surface area (TPSA) is 59.6 Å². The van der Waals surface area contributed by atoms with Crippen molar-refractivity contribution in [1.82, 2.24) is 5.32 Å². The van der Waals surface area contributed by atoms with Crippen molar-refractivity contribution in [2.45, 2.75) is 46.4 Å². The third kappa shape index (κ3) is 4.55. The number of ether oxygens (including phenoxy) is 2. The van der Waals surface area contributed by atoms with Gasteiger partial charge in [-0.1, -0.05) is 12.1 Å². The largest absolute Gasteiger partial charge is 0.494 e. The summed E-state index contributed by atoms with van der Waals surface area (Å²) in [5, 5.41) is 6.23. The Bertz CT molecular complexity index is 772. The molecule has 0 aliphatic carbocycles. The van der Waals surface area contributed by atoms with Gasteiger partial charge in [0.15, 0.2) is 0 Å². The zero-order valence-electron chi connectivity index (χ0n) is 15.6. The van der Waals surface area contributed by atoms with Gasteiger partial charge < -0.3 is 20.1 Å². The van der Waals surface area contributed by atoms with E-state index in [0.29, 0.717) is 13.2 Å². The Labute approximate surface area is 154 Å². The van der Waals surface area contributed by atoms with Crippen LogP contribution in [0, 0.1) is 0 Å². The maximum absolute atomic E-state index is 11.1. The lowest BCUT2D eigenvalue weighted by molar-refractivity contribution is -0.114. The van der Waals surface area contributed by atoms with Crippen LogP contribution in [-0.2, 0) is 24.3 Å². The Morgan fingerprint density at radius 1 is 1.23 bits per heavy atom. The van der Waals surface area contributed by atoms with Gasteiger partial charge in [0.1, 0.15) is 17.6 Å². The lowest BCUT2D eigenvalue weighted by atomic mass is 10.1. The molecule has 5 nitrogen and oxygen atoms in total. The van der Waals surface area contributed by atoms with E-state index in [1.54, 1.807) is 0 Å². The smallest absolute Gasteiger partial charge is 0.221 e. The lowest BCUT2D eigenvalue weighted by Crippen LogP contribution is -2.14. The second kappa shape index (κ2) is 8.23. The molecule has 1 heterocycles. The fraction of sp³-hybridized carbons (Fsp3) is 0.381. The Balaban J connectivity index is 1.62. The summed E-state index contributed by atoms with van der Waals surface area (Å²) < 4.78 is 11.7. The van der Waals surface area contributed by atoms with E-state index < -0.39 is 0 Å². The van der Waals surface area contributed by atoms with Crippen molar-refractivity contribution in [1.29, 1.82) is 0 Å². The minimum absolute atomic E-state index is 0.0625. The molecule has 26 heavy (non-hydrogen) atoms. The third-order valence-corrected chi connectivity index (χ3v) is 4.30. The number of amides is 1. The molecule has 1 unspecified atom stereocenters. The van der Waals surface area contributed by atoms with E-state index in [4.69, 9.17) is 9.47 Å². The van der Waals surface area contributed by atoms with Crippen molar-refractivity contribution < 1.29 is 14.3 Å². The summed E-state index contributed by atoms with van der Waals surface area (Å²) in [5.41, 5.74) is 4.29. The van der Waals surface area contributed by atoms with Gasteiger partial charge in [0.2, 0.25) is 5.91 Å². The molecule has 1 aliphatic rings. The number of fused-ring (bicyclic) bond motifs is 1. The first-order chi connectivity index (χ1) is 12.5. The molecule has 138 valence electrons. The molecule has 0 fully saturated rings. The molecule has 0 bridgehead atoms. The van der Waals surface area contributed by atoms with E-state index in [2.05, 4.69) is 29.7 Å². The molecule has 0 saturated heterocycles. The van der Waals surface area contributed by atoms with E-state index in [1.165, 1.54) is 12.5 Å². The summed E-state index contributed by atoms with van der Waals surface area (Å²) >= 11 is 0. The summed E-state index contributed by atoms with van der Waals surface area (Å²) in [4.78, 5) is 11.1. The van der Waals surface area contributed by atoms with Gasteiger partial charge in [-0.3, -0.25) is 4.79 Å². The predicted molar refractivity (Wildman–Crippen MR) is 103 cm³/mol. The normalized spacial score (nSPS) is 15.3. The molecular formula is C21H26N2O3. The van der Waals surface area contributed by atoms with Crippen LogP contribution in [0.1, 0.15) is 37.5 Å². The van der Waals surface area contributed by atoms with Crippen LogP contribution in [0.3, 0.4) is 0 Å². The highest BCUT2D eigenvalue weighted by Crippen LogP contribution is 2.35. The molecule has 1 aliphatic heterocycles. The number of hydrogen-bond donors (Lipinski definition) is 2. The van der Waals surface area contributed by atoms with Crippen LogP contribution in [0.4, 0.5) is 5.69 Å². The Hall–Kier alpha value is -2.53. The van der Waals surface area contributed by atoms with Gasteiger partial charge in [-0.25, -0.2) is 0 Å². The Kier molecular flexibility index (Phi) is 5.78. The van der Waals surface area contributed by atoms with Crippen molar-refractivity contribution in [2.75, 3.05) is 11.9 Å². The van der Waals surface area contributed by atoms with Crippen molar-refractivity contribution in [3.05, 3.63) is 53.1 Å². The summed E-state index contributed by atoms with van der Waals surface area (Å²) in [6.07, 6.45) is 1.16. The van der Waals surface area contributed by atoms with Crippen LogP contribution in [0.25, 0.3) is 0 Å². The minimum Gasteiger partial charge on any atom is -0.494 e. The Morgan fingerprint density at radius 2 is 2.00 bits per heavy atom. The number of rotatable bonds is 7. The van der Waals surface area contributed by atoms with E-state index in [9.17, 15) is 4.79 Å². The van der Waals surface area contributed by atoms with Crippen molar-refractivity contribution in [3.8, 4) is 11.5 Å². The monoisotopic (exact) mass is 354 g/mol. The van der Waals surface area contributed by atoms with Gasteiger partial charge in [-0.05, 0) is 43.7 Å². The highest BCUT2D eigenvalue weighted by atomic mass is 16.5. The zero-order chi connectivity index (χ0) is 18.5. The maximum atomic E-state index is 11.1. The first-order valence-corrected chi connectivity index (χ1v) is 9.07. The zero-order valence-corrected chi connectivity index (χ0v) is 15.6. The van der Waals surface area contributed by atoms with Crippen molar-refractivity contribution in [3.63, 3.8) is 0 Å². The van der Waals surface area contributed by atoms with Gasteiger partial charge in [0.05, 0.1) is 6.61 Å². The number of benzene rings is 2. The van der Waals surface area contributed by atoms with Crippen LogP contribution in [0.2, 0.25) is 0 Å². The number of carbonyl (C=O) groups is 1. The molecule has 1 amide bonds. The first-order valence-electron chi connectivity index (χ1n) is 9.07. The fourth-order valence-corrected chi connectivity index (χ4v) is 3.16. The predicted octanol–water partition coefficient (Wildman–Crippen LogP) is 3.66. The molecule has 2 aromatic rings. The van der Waals surface area contributed by atoms with Crippen LogP contribution in [0.5, 0.6) is 11.5 Å². The first kappa shape index (κ1) is 18.3. The highest BCUT2D eigenvalue weighted by molar-refractivity contribution is 5.88.